The van der Waals surface area contributed by atoms with Crippen LogP contribution in [0.5, 0.6) is 0 Å². The standard InChI is InChI=1S/C20H20F2N4O/c1-3-7-26-13(2)15(10-23-26)11-25-8-6-19-16(12-25)20(24-27-19)14-4-5-17(21)18(22)9-14/h3-5,9-10H,1,6-8,11-12H2,2H3. The summed E-state index contributed by atoms with van der Waals surface area (Å²) in [4.78, 5) is 2.28. The van der Waals surface area contributed by atoms with Crippen molar-refractivity contribution in [3.8, 4) is 11.3 Å². The molecule has 0 saturated heterocycles. The number of fused-ring (bicyclic) bond motifs is 1. The molecule has 0 atom stereocenters. The molecule has 0 bridgehead atoms. The number of hydrogen-bond donors (Lipinski definition) is 0. The van der Waals surface area contributed by atoms with Crippen LogP contribution in [-0.2, 0) is 26.1 Å². The third-order valence-corrected chi connectivity index (χ3v) is 5.00. The Bertz CT molecular complexity index is 992. The predicted octanol–water partition coefficient (Wildman–Crippen LogP) is 3.87. The molecule has 27 heavy (non-hydrogen) atoms. The molecular weight excluding hydrogens is 350 g/mol. The molecule has 4 rings (SSSR count). The van der Waals surface area contributed by atoms with E-state index >= 15 is 0 Å². The number of aromatic nitrogens is 3. The second-order valence-corrected chi connectivity index (χ2v) is 6.75. The van der Waals surface area contributed by atoms with Crippen LogP contribution >= 0.6 is 0 Å². The van der Waals surface area contributed by atoms with Gasteiger partial charge in [0.05, 0.1) is 12.7 Å². The first kappa shape index (κ1) is 17.6. The molecule has 0 aliphatic carbocycles. The maximum atomic E-state index is 13.6. The van der Waals surface area contributed by atoms with Crippen molar-refractivity contribution in [2.45, 2.75) is 33.0 Å². The molecule has 0 amide bonds. The van der Waals surface area contributed by atoms with Gasteiger partial charge in [-0.2, -0.15) is 5.10 Å². The van der Waals surface area contributed by atoms with Crippen molar-refractivity contribution < 1.29 is 13.3 Å². The van der Waals surface area contributed by atoms with Gasteiger partial charge in [0, 0.05) is 48.4 Å². The zero-order chi connectivity index (χ0) is 19.0. The monoisotopic (exact) mass is 370 g/mol. The number of rotatable bonds is 5. The van der Waals surface area contributed by atoms with E-state index in [0.717, 1.165) is 54.2 Å². The average molecular weight is 370 g/mol. The normalized spacial score (nSPS) is 14.3. The lowest BCUT2D eigenvalue weighted by atomic mass is 10.0. The Morgan fingerprint density at radius 1 is 1.30 bits per heavy atom. The highest BCUT2D eigenvalue weighted by atomic mass is 19.2. The first-order valence-electron chi connectivity index (χ1n) is 8.84. The van der Waals surface area contributed by atoms with E-state index in [1.165, 1.54) is 6.07 Å². The van der Waals surface area contributed by atoms with E-state index in [0.29, 0.717) is 24.3 Å². The van der Waals surface area contributed by atoms with Crippen molar-refractivity contribution in [2.75, 3.05) is 6.54 Å². The molecule has 1 aliphatic rings. The lowest BCUT2D eigenvalue weighted by Gasteiger charge is -2.26. The first-order valence-corrected chi connectivity index (χ1v) is 8.84. The first-order chi connectivity index (χ1) is 13.1. The van der Waals surface area contributed by atoms with Gasteiger partial charge < -0.3 is 4.52 Å². The fourth-order valence-electron chi connectivity index (χ4n) is 3.46. The molecule has 3 heterocycles. The summed E-state index contributed by atoms with van der Waals surface area (Å²) in [5.41, 5.74) is 4.31. The summed E-state index contributed by atoms with van der Waals surface area (Å²) in [5.74, 6) is -0.947. The number of halogens is 2. The molecule has 1 aliphatic heterocycles. The van der Waals surface area contributed by atoms with E-state index in [2.05, 4.69) is 21.7 Å². The summed E-state index contributed by atoms with van der Waals surface area (Å²) in [5, 5.41) is 8.51. The molecule has 140 valence electrons. The Balaban J connectivity index is 1.57. The van der Waals surface area contributed by atoms with Crippen LogP contribution in [0.25, 0.3) is 11.3 Å². The van der Waals surface area contributed by atoms with Crippen molar-refractivity contribution in [1.82, 2.24) is 19.8 Å². The number of benzene rings is 1. The van der Waals surface area contributed by atoms with Gasteiger partial charge in [-0.05, 0) is 25.1 Å². The topological polar surface area (TPSA) is 47.1 Å². The van der Waals surface area contributed by atoms with Crippen LogP contribution in [0.4, 0.5) is 8.78 Å². The van der Waals surface area contributed by atoms with Gasteiger partial charge in [0.1, 0.15) is 11.5 Å². The second kappa shape index (κ2) is 7.08. The third-order valence-electron chi connectivity index (χ3n) is 5.00. The van der Waals surface area contributed by atoms with E-state index in [-0.39, 0.29) is 0 Å². The molecule has 0 radical (unpaired) electrons. The fraction of sp³-hybridized carbons (Fsp3) is 0.300. The largest absolute Gasteiger partial charge is 0.360 e. The van der Waals surface area contributed by atoms with Gasteiger partial charge in [-0.1, -0.05) is 11.2 Å². The van der Waals surface area contributed by atoms with Gasteiger partial charge in [0.2, 0.25) is 0 Å². The van der Waals surface area contributed by atoms with Gasteiger partial charge in [0.25, 0.3) is 0 Å². The average Bonchev–Trinajstić information content (AvgIpc) is 3.23. The van der Waals surface area contributed by atoms with Crippen LogP contribution in [0.3, 0.4) is 0 Å². The fourth-order valence-corrected chi connectivity index (χ4v) is 3.46. The summed E-state index contributed by atoms with van der Waals surface area (Å²) in [6.45, 7) is 8.72. The van der Waals surface area contributed by atoms with Gasteiger partial charge in [0.15, 0.2) is 11.6 Å². The molecule has 2 aromatic heterocycles. The summed E-state index contributed by atoms with van der Waals surface area (Å²) >= 11 is 0. The number of allylic oxidation sites excluding steroid dienone is 1. The molecule has 0 spiro atoms. The van der Waals surface area contributed by atoms with E-state index in [1.54, 1.807) is 0 Å². The molecule has 0 N–H and O–H groups in total. The number of hydrogen-bond acceptors (Lipinski definition) is 4. The minimum absolute atomic E-state index is 0.524. The van der Waals surface area contributed by atoms with Gasteiger partial charge in [-0.15, -0.1) is 6.58 Å². The highest BCUT2D eigenvalue weighted by Gasteiger charge is 2.26. The maximum absolute atomic E-state index is 13.6. The molecule has 0 fully saturated rings. The molecule has 0 unspecified atom stereocenters. The van der Waals surface area contributed by atoms with Crippen LogP contribution < -0.4 is 0 Å². The van der Waals surface area contributed by atoms with Crippen LogP contribution in [0.2, 0.25) is 0 Å². The quantitative estimate of drug-likeness (QED) is 0.640. The molecule has 3 aromatic rings. The summed E-state index contributed by atoms with van der Waals surface area (Å²) in [7, 11) is 0. The Hall–Kier alpha value is -2.80. The predicted molar refractivity (Wildman–Crippen MR) is 96.8 cm³/mol. The second-order valence-electron chi connectivity index (χ2n) is 6.75. The van der Waals surface area contributed by atoms with Gasteiger partial charge in [-0.25, -0.2) is 8.78 Å². The van der Waals surface area contributed by atoms with Crippen molar-refractivity contribution >= 4 is 0 Å². The van der Waals surface area contributed by atoms with Gasteiger partial charge in [-0.3, -0.25) is 9.58 Å². The van der Waals surface area contributed by atoms with Crippen LogP contribution in [-0.4, -0.2) is 26.4 Å². The zero-order valence-corrected chi connectivity index (χ0v) is 15.1. The van der Waals surface area contributed by atoms with Crippen LogP contribution in [0, 0.1) is 18.6 Å². The van der Waals surface area contributed by atoms with Gasteiger partial charge >= 0.3 is 0 Å². The minimum Gasteiger partial charge on any atom is -0.360 e. The molecular formula is C20H20F2N4O. The van der Waals surface area contributed by atoms with Crippen LogP contribution in [0.1, 0.15) is 22.6 Å². The van der Waals surface area contributed by atoms with E-state index in [9.17, 15) is 8.78 Å². The molecule has 5 nitrogen and oxygen atoms in total. The summed E-state index contributed by atoms with van der Waals surface area (Å²) in [6.07, 6.45) is 4.44. The summed E-state index contributed by atoms with van der Waals surface area (Å²) in [6, 6.07) is 3.80. The van der Waals surface area contributed by atoms with E-state index in [1.807, 2.05) is 23.9 Å². The maximum Gasteiger partial charge on any atom is 0.159 e. The lowest BCUT2D eigenvalue weighted by molar-refractivity contribution is 0.228. The van der Waals surface area contributed by atoms with Crippen molar-refractivity contribution in [3.05, 3.63) is 71.3 Å². The Kier molecular flexibility index (Phi) is 4.61. The lowest BCUT2D eigenvalue weighted by Crippen LogP contribution is -2.29. The smallest absolute Gasteiger partial charge is 0.159 e. The summed E-state index contributed by atoms with van der Waals surface area (Å²) < 4.78 is 34.2. The van der Waals surface area contributed by atoms with Crippen molar-refractivity contribution in [1.29, 1.82) is 0 Å². The molecule has 7 heteroatoms. The Morgan fingerprint density at radius 3 is 2.93 bits per heavy atom. The Labute approximate surface area is 155 Å². The zero-order valence-electron chi connectivity index (χ0n) is 15.1. The van der Waals surface area contributed by atoms with E-state index in [4.69, 9.17) is 4.52 Å². The highest BCUT2D eigenvalue weighted by Crippen LogP contribution is 2.31. The van der Waals surface area contributed by atoms with Crippen LogP contribution in [0.15, 0.2) is 41.6 Å². The van der Waals surface area contributed by atoms with Crippen molar-refractivity contribution in [2.24, 2.45) is 0 Å². The van der Waals surface area contributed by atoms with E-state index < -0.39 is 11.6 Å². The Morgan fingerprint density at radius 2 is 2.15 bits per heavy atom. The SMILES string of the molecule is C=CCn1ncc(CN2CCc3onc(-c4ccc(F)c(F)c4)c3C2)c1C. The highest BCUT2D eigenvalue weighted by molar-refractivity contribution is 5.63. The minimum atomic E-state index is -0.887. The van der Waals surface area contributed by atoms with Crippen molar-refractivity contribution in [3.63, 3.8) is 0 Å². The molecule has 1 aromatic carbocycles. The molecule has 0 saturated carbocycles. The number of nitrogens with zero attached hydrogens (tertiary/aromatic N) is 4. The third kappa shape index (κ3) is 3.30.